The van der Waals surface area contributed by atoms with E-state index in [-0.39, 0.29) is 5.82 Å². The fourth-order valence-corrected chi connectivity index (χ4v) is 1.64. The summed E-state index contributed by atoms with van der Waals surface area (Å²) in [7, 11) is 0. The Morgan fingerprint density at radius 1 is 1.10 bits per heavy atom. The molecular weight excluding hydrogens is 276 g/mol. The van der Waals surface area contributed by atoms with Gasteiger partial charge in [0.05, 0.1) is 0 Å². The van der Waals surface area contributed by atoms with Crippen LogP contribution in [0.2, 0.25) is 0 Å². The minimum Gasteiger partial charge on any atom is -0.453 e. The molecule has 0 radical (unpaired) electrons. The van der Waals surface area contributed by atoms with Crippen LogP contribution in [0.15, 0.2) is 53.4 Å². The molecule has 0 spiro atoms. The molecule has 0 saturated heterocycles. The molecule has 0 saturated carbocycles. The maximum atomic E-state index is 10.5. The SMILES string of the molecule is O=[N+]([O-])c1ccc(Oc2ccc(-c3nnco3)cc2)cn1. The molecule has 0 bridgehead atoms. The van der Waals surface area contributed by atoms with Gasteiger partial charge in [0.2, 0.25) is 12.3 Å². The zero-order valence-corrected chi connectivity index (χ0v) is 10.5. The molecule has 0 fully saturated rings. The lowest BCUT2D eigenvalue weighted by atomic mass is 10.2. The summed E-state index contributed by atoms with van der Waals surface area (Å²) in [4.78, 5) is 13.6. The van der Waals surface area contributed by atoms with Crippen LogP contribution in [-0.2, 0) is 0 Å². The second-order valence-corrected chi connectivity index (χ2v) is 3.98. The summed E-state index contributed by atoms with van der Waals surface area (Å²) in [6.07, 6.45) is 2.55. The summed E-state index contributed by atoms with van der Waals surface area (Å²) < 4.78 is 10.6. The normalized spacial score (nSPS) is 10.3. The van der Waals surface area contributed by atoms with Crippen molar-refractivity contribution in [2.24, 2.45) is 0 Å². The van der Waals surface area contributed by atoms with E-state index >= 15 is 0 Å². The quantitative estimate of drug-likeness (QED) is 0.535. The molecule has 0 amide bonds. The molecule has 3 rings (SSSR count). The van der Waals surface area contributed by atoms with Gasteiger partial charge in [-0.05, 0) is 40.2 Å². The standard InChI is InChI=1S/C13H8N4O4/c18-17(19)12-6-5-11(7-14-12)21-10-3-1-9(2-4-10)13-16-15-8-20-13/h1-8H. The molecule has 1 aromatic carbocycles. The molecule has 8 heteroatoms. The third-order valence-corrected chi connectivity index (χ3v) is 2.60. The van der Waals surface area contributed by atoms with Crippen molar-refractivity contribution in [1.29, 1.82) is 0 Å². The third-order valence-electron chi connectivity index (χ3n) is 2.60. The summed E-state index contributed by atoms with van der Waals surface area (Å²) in [6, 6.07) is 9.74. The molecule has 2 heterocycles. The number of benzene rings is 1. The van der Waals surface area contributed by atoms with E-state index in [2.05, 4.69) is 15.2 Å². The zero-order valence-electron chi connectivity index (χ0n) is 10.5. The van der Waals surface area contributed by atoms with Crippen LogP contribution in [-0.4, -0.2) is 20.1 Å². The topological polar surface area (TPSA) is 104 Å². The van der Waals surface area contributed by atoms with E-state index in [4.69, 9.17) is 9.15 Å². The first-order valence-corrected chi connectivity index (χ1v) is 5.87. The average Bonchev–Trinajstić information content (AvgIpc) is 3.03. The summed E-state index contributed by atoms with van der Waals surface area (Å²) in [6.45, 7) is 0. The molecule has 3 aromatic rings. The first-order valence-electron chi connectivity index (χ1n) is 5.87. The van der Waals surface area contributed by atoms with Crippen molar-refractivity contribution in [2.75, 3.05) is 0 Å². The largest absolute Gasteiger partial charge is 0.453 e. The lowest BCUT2D eigenvalue weighted by molar-refractivity contribution is -0.389. The van der Waals surface area contributed by atoms with E-state index in [0.29, 0.717) is 17.4 Å². The van der Waals surface area contributed by atoms with Crippen molar-refractivity contribution >= 4 is 5.82 Å². The summed E-state index contributed by atoms with van der Waals surface area (Å²) in [5.74, 6) is 1.16. The number of aromatic nitrogens is 3. The monoisotopic (exact) mass is 284 g/mol. The van der Waals surface area contributed by atoms with Gasteiger partial charge >= 0.3 is 5.82 Å². The first kappa shape index (κ1) is 12.7. The van der Waals surface area contributed by atoms with Crippen LogP contribution >= 0.6 is 0 Å². The van der Waals surface area contributed by atoms with Crippen LogP contribution in [0, 0.1) is 10.1 Å². The predicted octanol–water partition coefficient (Wildman–Crippen LogP) is 2.83. The van der Waals surface area contributed by atoms with Gasteiger partial charge in [-0.15, -0.1) is 10.2 Å². The van der Waals surface area contributed by atoms with E-state index < -0.39 is 4.92 Å². The van der Waals surface area contributed by atoms with Crippen LogP contribution in [0.3, 0.4) is 0 Å². The highest BCUT2D eigenvalue weighted by Crippen LogP contribution is 2.25. The Hall–Kier alpha value is -3.29. The zero-order chi connectivity index (χ0) is 14.7. The summed E-state index contributed by atoms with van der Waals surface area (Å²) in [5.41, 5.74) is 0.765. The Morgan fingerprint density at radius 3 is 2.43 bits per heavy atom. The predicted molar refractivity (Wildman–Crippen MR) is 70.7 cm³/mol. The highest BCUT2D eigenvalue weighted by molar-refractivity contribution is 5.54. The molecule has 2 aromatic heterocycles. The smallest absolute Gasteiger partial charge is 0.363 e. The molecule has 0 aliphatic rings. The number of nitro groups is 1. The Bertz CT molecular complexity index is 739. The lowest BCUT2D eigenvalue weighted by Gasteiger charge is -2.04. The van der Waals surface area contributed by atoms with Gasteiger partial charge in [-0.1, -0.05) is 0 Å². The van der Waals surface area contributed by atoms with Crippen molar-refractivity contribution in [2.45, 2.75) is 0 Å². The Balaban J connectivity index is 1.74. The highest BCUT2D eigenvalue weighted by atomic mass is 16.6. The fourth-order valence-electron chi connectivity index (χ4n) is 1.64. The number of hydrogen-bond donors (Lipinski definition) is 0. The van der Waals surface area contributed by atoms with E-state index in [1.54, 1.807) is 24.3 Å². The lowest BCUT2D eigenvalue weighted by Crippen LogP contribution is -1.92. The van der Waals surface area contributed by atoms with Gasteiger partial charge in [0.1, 0.15) is 5.75 Å². The highest BCUT2D eigenvalue weighted by Gasteiger charge is 2.08. The van der Waals surface area contributed by atoms with Crippen LogP contribution in [0.1, 0.15) is 0 Å². The molecule has 21 heavy (non-hydrogen) atoms. The van der Waals surface area contributed by atoms with Gasteiger partial charge in [0, 0.05) is 11.6 Å². The number of rotatable bonds is 4. The van der Waals surface area contributed by atoms with Crippen LogP contribution in [0.25, 0.3) is 11.5 Å². The maximum absolute atomic E-state index is 10.5. The molecule has 0 atom stereocenters. The first-order chi connectivity index (χ1) is 10.2. The van der Waals surface area contributed by atoms with Crippen LogP contribution < -0.4 is 4.74 Å². The van der Waals surface area contributed by atoms with E-state index in [0.717, 1.165) is 5.56 Å². The molecule has 0 N–H and O–H groups in total. The molecule has 0 aliphatic carbocycles. The molecule has 8 nitrogen and oxygen atoms in total. The van der Waals surface area contributed by atoms with E-state index in [1.807, 2.05) is 0 Å². The van der Waals surface area contributed by atoms with Gasteiger partial charge in [-0.25, -0.2) is 0 Å². The number of pyridine rings is 1. The fraction of sp³-hybridized carbons (Fsp3) is 0. The second-order valence-electron chi connectivity index (χ2n) is 3.98. The Labute approximate surface area is 118 Å². The second kappa shape index (κ2) is 5.37. The van der Waals surface area contributed by atoms with Gasteiger partial charge in [-0.3, -0.25) is 0 Å². The summed E-state index contributed by atoms with van der Waals surface area (Å²) >= 11 is 0. The average molecular weight is 284 g/mol. The van der Waals surface area contributed by atoms with E-state index in [1.165, 1.54) is 24.7 Å². The number of hydrogen-bond acceptors (Lipinski definition) is 7. The van der Waals surface area contributed by atoms with Crippen LogP contribution in [0.4, 0.5) is 5.82 Å². The molecule has 0 aliphatic heterocycles. The third kappa shape index (κ3) is 2.84. The van der Waals surface area contributed by atoms with Crippen molar-refractivity contribution in [3.63, 3.8) is 0 Å². The Kier molecular flexibility index (Phi) is 3.26. The van der Waals surface area contributed by atoms with E-state index in [9.17, 15) is 10.1 Å². The van der Waals surface area contributed by atoms with Crippen molar-refractivity contribution < 1.29 is 14.1 Å². The van der Waals surface area contributed by atoms with Crippen molar-refractivity contribution in [1.82, 2.24) is 15.2 Å². The van der Waals surface area contributed by atoms with Gasteiger partial charge < -0.3 is 19.3 Å². The van der Waals surface area contributed by atoms with Gasteiger partial charge in [0.15, 0.2) is 11.9 Å². The van der Waals surface area contributed by atoms with Gasteiger partial charge in [-0.2, -0.15) is 0 Å². The minimum absolute atomic E-state index is 0.228. The van der Waals surface area contributed by atoms with Crippen molar-refractivity contribution in [3.8, 4) is 23.0 Å². The molecule has 0 unspecified atom stereocenters. The minimum atomic E-state index is -0.566. The van der Waals surface area contributed by atoms with Crippen molar-refractivity contribution in [3.05, 3.63) is 59.1 Å². The number of nitrogens with zero attached hydrogens (tertiary/aromatic N) is 4. The molecule has 104 valence electrons. The van der Waals surface area contributed by atoms with Gasteiger partial charge in [0.25, 0.3) is 0 Å². The Morgan fingerprint density at radius 2 is 1.86 bits per heavy atom. The number of ether oxygens (including phenoxy) is 1. The molecular formula is C13H8N4O4. The maximum Gasteiger partial charge on any atom is 0.363 e. The summed E-state index contributed by atoms with van der Waals surface area (Å²) in [5, 5.41) is 17.9. The van der Waals surface area contributed by atoms with Crippen LogP contribution in [0.5, 0.6) is 11.5 Å².